The van der Waals surface area contributed by atoms with Crippen molar-refractivity contribution in [3.63, 3.8) is 0 Å². The predicted molar refractivity (Wildman–Crippen MR) is 92.5 cm³/mol. The van der Waals surface area contributed by atoms with E-state index in [4.69, 9.17) is 0 Å². The van der Waals surface area contributed by atoms with Gasteiger partial charge in [0.15, 0.2) is 0 Å². The molecule has 0 heterocycles. The molecule has 6 atom stereocenters. The summed E-state index contributed by atoms with van der Waals surface area (Å²) < 4.78 is 0. The van der Waals surface area contributed by atoms with Gasteiger partial charge in [0.05, 0.1) is 6.10 Å². The fourth-order valence-corrected chi connectivity index (χ4v) is 6.54. The summed E-state index contributed by atoms with van der Waals surface area (Å²) in [6.45, 7) is 4.70. The minimum absolute atomic E-state index is 0.0927. The molecule has 2 saturated carbocycles. The number of aryl methyl sites for hydroxylation is 1. The van der Waals surface area contributed by atoms with Gasteiger partial charge >= 0.3 is 0 Å². The maximum Gasteiger partial charge on any atom is 0.115 e. The van der Waals surface area contributed by atoms with E-state index in [9.17, 15) is 10.2 Å². The molecular formula is C21H30O2. The van der Waals surface area contributed by atoms with Gasteiger partial charge in [-0.1, -0.05) is 26.3 Å². The van der Waals surface area contributed by atoms with Gasteiger partial charge in [-0.15, -0.1) is 0 Å². The number of aliphatic hydroxyl groups excluding tert-OH is 1. The highest BCUT2D eigenvalue weighted by Gasteiger charge is 2.57. The lowest BCUT2D eigenvalue weighted by Gasteiger charge is -2.50. The van der Waals surface area contributed by atoms with E-state index in [1.54, 1.807) is 0 Å². The Morgan fingerprint density at radius 2 is 2.09 bits per heavy atom. The van der Waals surface area contributed by atoms with Crippen LogP contribution in [-0.4, -0.2) is 16.3 Å². The van der Waals surface area contributed by atoms with Crippen LogP contribution >= 0.6 is 0 Å². The number of benzene rings is 1. The molecular weight excluding hydrogens is 284 g/mol. The Hall–Kier alpha value is -1.02. The van der Waals surface area contributed by atoms with Crippen molar-refractivity contribution in [2.75, 3.05) is 0 Å². The zero-order valence-corrected chi connectivity index (χ0v) is 14.5. The summed E-state index contributed by atoms with van der Waals surface area (Å²) in [6.07, 6.45) is 8.08. The number of hydrogen-bond acceptors (Lipinski definition) is 2. The van der Waals surface area contributed by atoms with E-state index in [0.29, 0.717) is 28.9 Å². The van der Waals surface area contributed by atoms with Crippen LogP contribution in [0.5, 0.6) is 5.75 Å². The van der Waals surface area contributed by atoms with Gasteiger partial charge in [0.2, 0.25) is 0 Å². The van der Waals surface area contributed by atoms with Gasteiger partial charge in [-0.05, 0) is 90.9 Å². The molecule has 0 amide bonds. The molecule has 0 bridgehead atoms. The van der Waals surface area contributed by atoms with Crippen molar-refractivity contribution in [2.24, 2.45) is 23.2 Å². The molecule has 3 aliphatic rings. The van der Waals surface area contributed by atoms with E-state index in [0.717, 1.165) is 18.8 Å². The normalized spacial score (nSPS) is 42.0. The van der Waals surface area contributed by atoms with Crippen molar-refractivity contribution >= 4 is 0 Å². The third-order valence-corrected chi connectivity index (χ3v) is 7.34. The van der Waals surface area contributed by atoms with Crippen LogP contribution in [0.25, 0.3) is 0 Å². The Kier molecular flexibility index (Phi) is 3.72. The summed E-state index contributed by atoms with van der Waals surface area (Å²) in [4.78, 5) is 0. The summed E-state index contributed by atoms with van der Waals surface area (Å²) in [5.41, 5.74) is 3.19. The van der Waals surface area contributed by atoms with E-state index < -0.39 is 0 Å². The molecule has 2 heteroatoms. The van der Waals surface area contributed by atoms with Crippen LogP contribution < -0.4 is 0 Å². The van der Waals surface area contributed by atoms with Gasteiger partial charge in [-0.2, -0.15) is 0 Å². The Morgan fingerprint density at radius 1 is 1.26 bits per heavy atom. The van der Waals surface area contributed by atoms with Gasteiger partial charge in [0.1, 0.15) is 5.75 Å². The van der Waals surface area contributed by atoms with Gasteiger partial charge in [0.25, 0.3) is 0 Å². The molecule has 2 fully saturated rings. The molecule has 4 rings (SSSR count). The summed E-state index contributed by atoms with van der Waals surface area (Å²) in [5.74, 6) is 2.94. The molecule has 2 nitrogen and oxygen atoms in total. The predicted octanol–water partition coefficient (Wildman–Crippen LogP) is 4.64. The average Bonchev–Trinajstić information content (AvgIpc) is 2.77. The molecule has 23 heavy (non-hydrogen) atoms. The zero-order chi connectivity index (χ0) is 16.2. The molecule has 0 saturated heterocycles. The second kappa shape index (κ2) is 5.51. The van der Waals surface area contributed by atoms with E-state index in [2.05, 4.69) is 19.9 Å². The lowest BCUT2D eigenvalue weighted by molar-refractivity contribution is 0.0261. The third kappa shape index (κ3) is 2.33. The highest BCUT2D eigenvalue weighted by atomic mass is 16.3. The first kappa shape index (κ1) is 15.5. The van der Waals surface area contributed by atoms with Gasteiger partial charge < -0.3 is 10.2 Å². The van der Waals surface area contributed by atoms with E-state index in [-0.39, 0.29) is 6.10 Å². The Labute approximate surface area is 139 Å². The molecule has 3 aliphatic carbocycles. The molecule has 2 N–H and O–H groups in total. The molecule has 1 aromatic carbocycles. The van der Waals surface area contributed by atoms with Crippen molar-refractivity contribution in [1.29, 1.82) is 0 Å². The van der Waals surface area contributed by atoms with Gasteiger partial charge in [-0.3, -0.25) is 0 Å². The topological polar surface area (TPSA) is 40.5 Å². The summed E-state index contributed by atoms with van der Waals surface area (Å²) in [5, 5.41) is 20.5. The third-order valence-electron chi connectivity index (χ3n) is 7.34. The SMILES string of the molecule is CCC[C@H]1[C@H]2[C@@H]3CCc4cc(O)ccc4[C@H]3CC[C@]2(C)C[C@H]1O. The fraction of sp³-hybridized carbons (Fsp3) is 0.714. The Balaban J connectivity index is 1.70. The van der Waals surface area contributed by atoms with Crippen LogP contribution in [0.3, 0.4) is 0 Å². The Bertz CT molecular complexity index is 596. The number of rotatable bonds is 2. The number of phenolic OH excluding ortho intramolecular Hbond substituents is 1. The largest absolute Gasteiger partial charge is 0.508 e. The molecule has 1 aromatic rings. The summed E-state index contributed by atoms with van der Waals surface area (Å²) in [6, 6.07) is 6.01. The van der Waals surface area contributed by atoms with Crippen molar-refractivity contribution in [1.82, 2.24) is 0 Å². The number of hydrogen-bond donors (Lipinski definition) is 2. The number of fused-ring (bicyclic) bond motifs is 5. The smallest absolute Gasteiger partial charge is 0.115 e. The van der Waals surface area contributed by atoms with Crippen molar-refractivity contribution in [3.8, 4) is 5.75 Å². The second-order valence-electron chi connectivity index (χ2n) is 8.63. The van der Waals surface area contributed by atoms with Crippen molar-refractivity contribution in [2.45, 2.75) is 70.8 Å². The van der Waals surface area contributed by atoms with Crippen LogP contribution in [0.1, 0.15) is 69.4 Å². The van der Waals surface area contributed by atoms with Crippen molar-refractivity contribution < 1.29 is 10.2 Å². The van der Waals surface area contributed by atoms with E-state index >= 15 is 0 Å². The van der Waals surface area contributed by atoms with E-state index in [1.807, 2.05) is 12.1 Å². The second-order valence-corrected chi connectivity index (χ2v) is 8.63. The highest BCUT2D eigenvalue weighted by Crippen LogP contribution is 2.63. The van der Waals surface area contributed by atoms with E-state index in [1.165, 1.54) is 43.2 Å². The first-order valence-corrected chi connectivity index (χ1v) is 9.53. The maximum atomic E-state index is 10.7. The molecule has 126 valence electrons. The van der Waals surface area contributed by atoms with Crippen LogP contribution in [0.15, 0.2) is 18.2 Å². The van der Waals surface area contributed by atoms with Gasteiger partial charge in [-0.25, -0.2) is 0 Å². The maximum absolute atomic E-state index is 10.7. The highest BCUT2D eigenvalue weighted by molar-refractivity contribution is 5.40. The van der Waals surface area contributed by atoms with Crippen LogP contribution in [0, 0.1) is 23.2 Å². The molecule has 0 radical (unpaired) electrons. The first-order chi connectivity index (χ1) is 11.0. The number of aliphatic hydroxyl groups is 1. The fourth-order valence-electron chi connectivity index (χ4n) is 6.54. The minimum atomic E-state index is -0.0927. The average molecular weight is 314 g/mol. The van der Waals surface area contributed by atoms with Crippen LogP contribution in [0.4, 0.5) is 0 Å². The summed E-state index contributed by atoms with van der Waals surface area (Å²) >= 11 is 0. The Morgan fingerprint density at radius 3 is 2.87 bits per heavy atom. The lowest BCUT2D eigenvalue weighted by atomic mass is 9.54. The van der Waals surface area contributed by atoms with Crippen LogP contribution in [0.2, 0.25) is 0 Å². The molecule has 0 unspecified atom stereocenters. The van der Waals surface area contributed by atoms with Crippen molar-refractivity contribution in [3.05, 3.63) is 29.3 Å². The molecule has 0 aliphatic heterocycles. The monoisotopic (exact) mass is 314 g/mol. The van der Waals surface area contributed by atoms with Gasteiger partial charge in [0, 0.05) is 0 Å². The van der Waals surface area contributed by atoms with Crippen LogP contribution in [-0.2, 0) is 6.42 Å². The lowest BCUT2D eigenvalue weighted by Crippen LogP contribution is -2.42. The minimum Gasteiger partial charge on any atom is -0.508 e. The standard InChI is InChI=1S/C21H30O2/c1-3-4-18-19(23)12-21(2)10-9-16-15-8-6-14(22)11-13(15)5-7-17(16)20(18)21/h6,8,11,16-20,22-23H,3-5,7,9-10,12H2,1-2H3/t16-,17-,18-,19-,20-,21-/m1/s1. The first-order valence-electron chi connectivity index (χ1n) is 9.53. The molecule has 0 aromatic heterocycles. The summed E-state index contributed by atoms with van der Waals surface area (Å²) in [7, 11) is 0. The zero-order valence-electron chi connectivity index (χ0n) is 14.5. The number of aromatic hydroxyl groups is 1. The molecule has 0 spiro atoms. The quantitative estimate of drug-likeness (QED) is 0.835. The number of phenols is 1.